The van der Waals surface area contributed by atoms with E-state index in [1.54, 1.807) is 0 Å². The predicted molar refractivity (Wildman–Crippen MR) is 90.9 cm³/mol. The molecule has 20 heavy (non-hydrogen) atoms. The van der Waals surface area contributed by atoms with E-state index in [1.807, 2.05) is 0 Å². The molecule has 1 aliphatic carbocycles. The molecule has 0 unspecified atom stereocenters. The highest BCUT2D eigenvalue weighted by molar-refractivity contribution is 9.10. The summed E-state index contributed by atoms with van der Waals surface area (Å²) in [5.74, 6) is 0. The van der Waals surface area contributed by atoms with E-state index in [2.05, 4.69) is 74.1 Å². The molecule has 0 heterocycles. The van der Waals surface area contributed by atoms with E-state index >= 15 is 0 Å². The molecule has 1 N–H and O–H groups in total. The van der Waals surface area contributed by atoms with E-state index in [-0.39, 0.29) is 0 Å². The molecule has 1 saturated carbocycles. The standard InChI is InChI=1S/C18H28BrN/c1-13-6-7-14(8-16(13)19)11-20-15-9-17(2,3)12-18(4,5)10-15/h6-8,15,20H,9-12H2,1-5H3. The molecule has 0 bridgehead atoms. The molecule has 0 radical (unpaired) electrons. The van der Waals surface area contributed by atoms with Crippen LogP contribution in [0.25, 0.3) is 0 Å². The molecule has 1 aromatic carbocycles. The van der Waals surface area contributed by atoms with Crippen molar-refractivity contribution >= 4 is 15.9 Å². The third-order valence-corrected chi connectivity index (χ3v) is 5.24. The fraction of sp³-hybridized carbons (Fsp3) is 0.667. The topological polar surface area (TPSA) is 12.0 Å². The molecule has 0 spiro atoms. The average molecular weight is 338 g/mol. The van der Waals surface area contributed by atoms with Crippen molar-refractivity contribution < 1.29 is 0 Å². The van der Waals surface area contributed by atoms with E-state index in [9.17, 15) is 0 Å². The molecule has 112 valence electrons. The Morgan fingerprint density at radius 1 is 1.15 bits per heavy atom. The van der Waals surface area contributed by atoms with E-state index in [0.717, 1.165) is 6.54 Å². The number of benzene rings is 1. The smallest absolute Gasteiger partial charge is 0.0208 e. The summed E-state index contributed by atoms with van der Waals surface area (Å²) in [4.78, 5) is 0. The van der Waals surface area contributed by atoms with Gasteiger partial charge in [-0.3, -0.25) is 0 Å². The molecular formula is C18H28BrN. The van der Waals surface area contributed by atoms with Crippen LogP contribution >= 0.6 is 15.9 Å². The van der Waals surface area contributed by atoms with Crippen molar-refractivity contribution in [3.8, 4) is 0 Å². The molecule has 1 nitrogen and oxygen atoms in total. The fourth-order valence-corrected chi connectivity index (χ4v) is 4.43. The third-order valence-electron chi connectivity index (χ3n) is 4.39. The maximum absolute atomic E-state index is 3.77. The largest absolute Gasteiger partial charge is 0.310 e. The maximum Gasteiger partial charge on any atom is 0.0208 e. The first-order valence-electron chi connectivity index (χ1n) is 7.65. The third kappa shape index (κ3) is 4.33. The van der Waals surface area contributed by atoms with Crippen molar-refractivity contribution in [1.29, 1.82) is 0 Å². The van der Waals surface area contributed by atoms with Crippen LogP contribution in [0.15, 0.2) is 22.7 Å². The summed E-state index contributed by atoms with van der Waals surface area (Å²) in [6.07, 6.45) is 3.89. The van der Waals surface area contributed by atoms with Crippen molar-refractivity contribution in [3.63, 3.8) is 0 Å². The average Bonchev–Trinajstić information content (AvgIpc) is 2.27. The predicted octanol–water partition coefficient (Wildman–Crippen LogP) is 5.45. The molecule has 1 aromatic rings. The van der Waals surface area contributed by atoms with E-state index < -0.39 is 0 Å². The number of aryl methyl sites for hydroxylation is 1. The first-order valence-corrected chi connectivity index (χ1v) is 8.45. The van der Waals surface area contributed by atoms with Crippen LogP contribution in [-0.4, -0.2) is 6.04 Å². The highest BCUT2D eigenvalue weighted by Gasteiger charge is 2.38. The highest BCUT2D eigenvalue weighted by atomic mass is 79.9. The van der Waals surface area contributed by atoms with Gasteiger partial charge in [-0.1, -0.05) is 55.8 Å². The summed E-state index contributed by atoms with van der Waals surface area (Å²) in [5.41, 5.74) is 3.57. The lowest BCUT2D eigenvalue weighted by molar-refractivity contribution is 0.0845. The summed E-state index contributed by atoms with van der Waals surface area (Å²) in [6, 6.07) is 7.29. The molecule has 0 atom stereocenters. The van der Waals surface area contributed by atoms with Crippen LogP contribution in [0.5, 0.6) is 0 Å². The zero-order chi connectivity index (χ0) is 15.0. The molecular weight excluding hydrogens is 310 g/mol. The molecule has 0 amide bonds. The van der Waals surface area contributed by atoms with Crippen LogP contribution in [0.3, 0.4) is 0 Å². The van der Waals surface area contributed by atoms with Gasteiger partial charge in [-0.05, 0) is 54.2 Å². The number of hydrogen-bond acceptors (Lipinski definition) is 1. The van der Waals surface area contributed by atoms with Gasteiger partial charge in [0.2, 0.25) is 0 Å². The van der Waals surface area contributed by atoms with Crippen molar-refractivity contribution in [2.45, 2.75) is 66.5 Å². The Hall–Kier alpha value is -0.340. The molecule has 0 saturated heterocycles. The molecule has 0 aliphatic heterocycles. The van der Waals surface area contributed by atoms with Crippen LogP contribution in [0.2, 0.25) is 0 Å². The molecule has 0 aromatic heterocycles. The minimum Gasteiger partial charge on any atom is -0.310 e. The summed E-state index contributed by atoms with van der Waals surface area (Å²) in [5, 5.41) is 3.77. The van der Waals surface area contributed by atoms with Gasteiger partial charge in [0, 0.05) is 17.1 Å². The van der Waals surface area contributed by atoms with Gasteiger partial charge in [-0.2, -0.15) is 0 Å². The second-order valence-electron chi connectivity index (χ2n) is 8.07. The van der Waals surface area contributed by atoms with Crippen molar-refractivity contribution in [2.75, 3.05) is 0 Å². The minimum atomic E-state index is 0.452. The van der Waals surface area contributed by atoms with E-state index in [0.29, 0.717) is 16.9 Å². The maximum atomic E-state index is 3.77. The highest BCUT2D eigenvalue weighted by Crippen LogP contribution is 2.45. The molecule has 1 aliphatic rings. The van der Waals surface area contributed by atoms with Gasteiger partial charge in [-0.15, -0.1) is 0 Å². The van der Waals surface area contributed by atoms with Gasteiger partial charge in [-0.25, -0.2) is 0 Å². The van der Waals surface area contributed by atoms with Gasteiger partial charge in [0.15, 0.2) is 0 Å². The summed E-state index contributed by atoms with van der Waals surface area (Å²) in [6.45, 7) is 12.7. The number of nitrogens with one attached hydrogen (secondary N) is 1. The van der Waals surface area contributed by atoms with Crippen LogP contribution in [0, 0.1) is 17.8 Å². The van der Waals surface area contributed by atoms with Crippen LogP contribution in [-0.2, 0) is 6.54 Å². The van der Waals surface area contributed by atoms with E-state index in [1.165, 1.54) is 34.9 Å². The first kappa shape index (κ1) is 16.0. The summed E-state index contributed by atoms with van der Waals surface area (Å²) < 4.78 is 1.21. The lowest BCUT2D eigenvalue weighted by Gasteiger charge is -2.45. The van der Waals surface area contributed by atoms with Gasteiger partial charge in [0.1, 0.15) is 0 Å². The SMILES string of the molecule is Cc1ccc(CNC2CC(C)(C)CC(C)(C)C2)cc1Br. The summed E-state index contributed by atoms with van der Waals surface area (Å²) in [7, 11) is 0. The Kier molecular flexibility index (Phi) is 4.66. The zero-order valence-electron chi connectivity index (χ0n) is 13.5. The minimum absolute atomic E-state index is 0.452. The number of halogens is 1. The molecule has 1 fully saturated rings. The van der Waals surface area contributed by atoms with Crippen LogP contribution in [0.4, 0.5) is 0 Å². The monoisotopic (exact) mass is 337 g/mol. The van der Waals surface area contributed by atoms with E-state index in [4.69, 9.17) is 0 Å². The quantitative estimate of drug-likeness (QED) is 0.772. The Balaban J connectivity index is 1.98. The summed E-state index contributed by atoms with van der Waals surface area (Å²) >= 11 is 3.62. The van der Waals surface area contributed by atoms with Crippen LogP contribution < -0.4 is 5.32 Å². The number of rotatable bonds is 3. The normalized spacial score (nSPS) is 21.9. The van der Waals surface area contributed by atoms with Crippen molar-refractivity contribution in [3.05, 3.63) is 33.8 Å². The van der Waals surface area contributed by atoms with Crippen molar-refractivity contribution in [1.82, 2.24) is 5.32 Å². The van der Waals surface area contributed by atoms with Gasteiger partial charge in [0.05, 0.1) is 0 Å². The lowest BCUT2D eigenvalue weighted by Crippen LogP contribution is -2.43. The van der Waals surface area contributed by atoms with Gasteiger partial charge in [0.25, 0.3) is 0 Å². The lowest BCUT2D eigenvalue weighted by atomic mass is 9.63. The molecule has 2 heteroatoms. The second kappa shape index (κ2) is 5.81. The zero-order valence-corrected chi connectivity index (χ0v) is 15.1. The molecule has 2 rings (SSSR count). The first-order chi connectivity index (χ1) is 9.17. The van der Waals surface area contributed by atoms with Gasteiger partial charge >= 0.3 is 0 Å². The van der Waals surface area contributed by atoms with Crippen molar-refractivity contribution in [2.24, 2.45) is 10.8 Å². The Morgan fingerprint density at radius 3 is 2.30 bits per heavy atom. The van der Waals surface area contributed by atoms with Crippen LogP contribution in [0.1, 0.15) is 58.1 Å². The Labute approximate surface area is 132 Å². The Morgan fingerprint density at radius 2 is 1.75 bits per heavy atom. The number of hydrogen-bond donors (Lipinski definition) is 1. The second-order valence-corrected chi connectivity index (χ2v) is 8.93. The Bertz CT molecular complexity index is 460. The fourth-order valence-electron chi connectivity index (χ4n) is 4.00. The van der Waals surface area contributed by atoms with Gasteiger partial charge < -0.3 is 5.32 Å².